The average Bonchev–Trinajstić information content (AvgIpc) is 3.63. The third kappa shape index (κ3) is 5.57. The number of para-hydroxylation sites is 1. The summed E-state index contributed by atoms with van der Waals surface area (Å²) in [4.78, 5) is 49.2. The number of hydrogen-bond donors (Lipinski definition) is 1. The van der Waals surface area contributed by atoms with Crippen molar-refractivity contribution < 1.29 is 24.2 Å². The second kappa shape index (κ2) is 13.8. The molecule has 2 unspecified atom stereocenters. The molecule has 3 aliphatic rings. The molecule has 1 N–H and O–H groups in total. The van der Waals surface area contributed by atoms with Crippen LogP contribution in [0.2, 0.25) is 0 Å². The quantitative estimate of drug-likeness (QED) is 0.216. The number of rotatable bonds is 16. The fourth-order valence-electron chi connectivity index (χ4n) is 7.88. The highest BCUT2D eigenvalue weighted by Gasteiger charge is 2.79. The zero-order valence-electron chi connectivity index (χ0n) is 26.5. The number of nitrogens with zero attached hydrogens (tertiary/aromatic N) is 3. The summed E-state index contributed by atoms with van der Waals surface area (Å²) in [5, 5.41) is 10.7. The van der Waals surface area contributed by atoms with Gasteiger partial charge in [0.15, 0.2) is 0 Å². The van der Waals surface area contributed by atoms with Gasteiger partial charge in [0.2, 0.25) is 17.7 Å². The van der Waals surface area contributed by atoms with Gasteiger partial charge in [0.05, 0.1) is 30.1 Å². The zero-order valence-corrected chi connectivity index (χ0v) is 26.5. The van der Waals surface area contributed by atoms with E-state index in [0.717, 1.165) is 31.4 Å². The molecule has 43 heavy (non-hydrogen) atoms. The van der Waals surface area contributed by atoms with Crippen LogP contribution >= 0.6 is 0 Å². The molecule has 1 spiro atoms. The Morgan fingerprint density at radius 1 is 1.09 bits per heavy atom. The minimum atomic E-state index is -1.15. The second-order valence-corrected chi connectivity index (χ2v) is 12.6. The summed E-state index contributed by atoms with van der Waals surface area (Å²) in [6.07, 6.45) is 8.63. The topological polar surface area (TPSA) is 90.4 Å². The maximum atomic E-state index is 14.8. The molecule has 0 aromatic heterocycles. The summed E-state index contributed by atoms with van der Waals surface area (Å²) >= 11 is 0. The van der Waals surface area contributed by atoms with Crippen molar-refractivity contribution in [1.29, 1.82) is 0 Å². The number of anilines is 1. The number of amides is 3. The lowest BCUT2D eigenvalue weighted by atomic mass is 9.64. The predicted molar refractivity (Wildman–Crippen MR) is 169 cm³/mol. The molecule has 0 radical (unpaired) electrons. The van der Waals surface area contributed by atoms with E-state index in [1.165, 1.54) is 0 Å². The van der Waals surface area contributed by atoms with E-state index in [9.17, 15) is 19.5 Å². The van der Waals surface area contributed by atoms with Crippen LogP contribution in [0.4, 0.5) is 5.69 Å². The number of benzene rings is 1. The van der Waals surface area contributed by atoms with Crippen molar-refractivity contribution in [3.8, 4) is 0 Å². The lowest BCUT2D eigenvalue weighted by molar-refractivity contribution is -0.157. The van der Waals surface area contributed by atoms with Crippen LogP contribution in [-0.4, -0.2) is 82.2 Å². The average molecular weight is 594 g/mol. The standard InChI is InChI=1S/C35H51N3O5/c1-7-12-16-23-36(21-8-2)33(42)30-35-20-19-34(11-5,43-35)28(29(35)32(41)38(30)27(24-39)25(6)10-4)31(40)37(22-9-3)26-17-14-13-15-18-26/h8-9,13-15,17-18,25,27-30,39H,2-3,7,10-12,16,19-24H2,1,4-6H3/t25-,27-,28+,29-,30?,34-,35?/m0/s1. The number of carbonyl (C=O) groups is 3. The fraction of sp³-hybridized carbons (Fsp3) is 0.629. The molecular formula is C35H51N3O5. The van der Waals surface area contributed by atoms with E-state index in [1.807, 2.05) is 51.1 Å². The van der Waals surface area contributed by atoms with Crippen LogP contribution in [0.5, 0.6) is 0 Å². The van der Waals surface area contributed by atoms with E-state index in [0.29, 0.717) is 32.4 Å². The summed E-state index contributed by atoms with van der Waals surface area (Å²) in [6.45, 7) is 16.9. The smallest absolute Gasteiger partial charge is 0.248 e. The van der Waals surface area contributed by atoms with Gasteiger partial charge in [0, 0.05) is 25.3 Å². The third-order valence-electron chi connectivity index (χ3n) is 10.3. The Kier molecular flexibility index (Phi) is 10.5. The summed E-state index contributed by atoms with van der Waals surface area (Å²) in [5.74, 6) is -2.26. The van der Waals surface area contributed by atoms with Gasteiger partial charge in [-0.1, -0.05) is 77.3 Å². The Hall–Kier alpha value is -2.97. The van der Waals surface area contributed by atoms with E-state index in [1.54, 1.807) is 26.9 Å². The number of aliphatic hydroxyl groups excluding tert-OH is 1. The van der Waals surface area contributed by atoms with Crippen molar-refractivity contribution >= 4 is 23.4 Å². The molecule has 3 aliphatic heterocycles. The van der Waals surface area contributed by atoms with E-state index < -0.39 is 35.1 Å². The molecule has 3 saturated heterocycles. The molecule has 0 saturated carbocycles. The Bertz CT molecular complexity index is 1170. The minimum absolute atomic E-state index is 0.0551. The van der Waals surface area contributed by atoms with Gasteiger partial charge < -0.3 is 24.5 Å². The Labute approximate surface area is 257 Å². The lowest BCUT2D eigenvalue weighted by Crippen LogP contribution is -2.60. The molecule has 8 nitrogen and oxygen atoms in total. The van der Waals surface area contributed by atoms with E-state index in [4.69, 9.17) is 4.74 Å². The van der Waals surface area contributed by atoms with Gasteiger partial charge in [-0.05, 0) is 43.7 Å². The number of unbranched alkanes of at least 4 members (excludes halogenated alkanes) is 2. The third-order valence-corrected chi connectivity index (χ3v) is 10.3. The van der Waals surface area contributed by atoms with Gasteiger partial charge in [0.25, 0.3) is 0 Å². The molecule has 3 amide bonds. The van der Waals surface area contributed by atoms with Crippen molar-refractivity contribution in [3.63, 3.8) is 0 Å². The summed E-state index contributed by atoms with van der Waals surface area (Å²) in [7, 11) is 0. The maximum Gasteiger partial charge on any atom is 0.248 e. The molecule has 1 aromatic rings. The molecular weight excluding hydrogens is 542 g/mol. The number of fused-ring (bicyclic) bond motifs is 1. The van der Waals surface area contributed by atoms with Crippen LogP contribution in [0.1, 0.15) is 72.6 Å². The van der Waals surface area contributed by atoms with Gasteiger partial charge in [-0.3, -0.25) is 14.4 Å². The fourth-order valence-corrected chi connectivity index (χ4v) is 7.88. The number of aliphatic hydroxyl groups is 1. The molecule has 4 rings (SSSR count). The van der Waals surface area contributed by atoms with Crippen molar-refractivity contribution in [2.75, 3.05) is 31.1 Å². The molecule has 3 fully saturated rings. The highest BCUT2D eigenvalue weighted by Crippen LogP contribution is 2.65. The van der Waals surface area contributed by atoms with Crippen molar-refractivity contribution in [1.82, 2.24) is 9.80 Å². The first kappa shape index (κ1) is 32.9. The van der Waals surface area contributed by atoms with E-state index >= 15 is 0 Å². The summed E-state index contributed by atoms with van der Waals surface area (Å²) in [5.41, 5.74) is -1.27. The highest BCUT2D eigenvalue weighted by molar-refractivity contribution is 6.03. The van der Waals surface area contributed by atoms with Gasteiger partial charge in [-0.25, -0.2) is 0 Å². The van der Waals surface area contributed by atoms with Crippen molar-refractivity contribution in [2.24, 2.45) is 17.8 Å². The SMILES string of the molecule is C=CCN(CCCCC)C(=O)C1N([C@@H](CO)[C@@H](C)CC)C(=O)[C@@H]2[C@H](C(=O)N(CC=C)c3ccccc3)[C@]3(CC)CCC12O3. The first-order valence-corrected chi connectivity index (χ1v) is 16.2. The lowest BCUT2D eigenvalue weighted by Gasteiger charge is -2.41. The molecule has 2 bridgehead atoms. The van der Waals surface area contributed by atoms with E-state index in [2.05, 4.69) is 20.1 Å². The number of ether oxygens (including phenoxy) is 1. The molecule has 236 valence electrons. The van der Waals surface area contributed by atoms with Gasteiger partial charge in [-0.15, -0.1) is 13.2 Å². The van der Waals surface area contributed by atoms with Gasteiger partial charge in [0.1, 0.15) is 11.6 Å². The van der Waals surface area contributed by atoms with Gasteiger partial charge in [-0.2, -0.15) is 0 Å². The van der Waals surface area contributed by atoms with E-state index in [-0.39, 0.29) is 36.8 Å². The van der Waals surface area contributed by atoms with Crippen LogP contribution in [0.15, 0.2) is 55.6 Å². The molecule has 1 aromatic carbocycles. The zero-order chi connectivity index (χ0) is 31.4. The first-order chi connectivity index (χ1) is 20.7. The van der Waals surface area contributed by atoms with Crippen molar-refractivity contribution in [2.45, 2.75) is 95.9 Å². The normalized spacial score (nSPS) is 28.8. The molecule has 7 atom stereocenters. The molecule has 3 heterocycles. The van der Waals surface area contributed by atoms with Crippen LogP contribution < -0.4 is 4.90 Å². The Balaban J connectivity index is 1.85. The molecule has 8 heteroatoms. The second-order valence-electron chi connectivity index (χ2n) is 12.6. The minimum Gasteiger partial charge on any atom is -0.394 e. The van der Waals surface area contributed by atoms with Crippen LogP contribution in [0, 0.1) is 17.8 Å². The maximum absolute atomic E-state index is 14.8. The van der Waals surface area contributed by atoms with Crippen LogP contribution in [0.3, 0.4) is 0 Å². The Morgan fingerprint density at radius 2 is 1.79 bits per heavy atom. The van der Waals surface area contributed by atoms with Crippen LogP contribution in [0.25, 0.3) is 0 Å². The monoisotopic (exact) mass is 593 g/mol. The first-order valence-electron chi connectivity index (χ1n) is 16.2. The largest absolute Gasteiger partial charge is 0.394 e. The Morgan fingerprint density at radius 3 is 2.37 bits per heavy atom. The number of carbonyl (C=O) groups excluding carboxylic acids is 3. The van der Waals surface area contributed by atoms with Crippen molar-refractivity contribution in [3.05, 3.63) is 55.6 Å². The van der Waals surface area contributed by atoms with Crippen LogP contribution in [-0.2, 0) is 19.1 Å². The number of likely N-dealkylation sites (tertiary alicyclic amines) is 1. The predicted octanol–water partition coefficient (Wildman–Crippen LogP) is 4.97. The summed E-state index contributed by atoms with van der Waals surface area (Å²) < 4.78 is 7.02. The summed E-state index contributed by atoms with van der Waals surface area (Å²) in [6, 6.07) is 7.94. The number of hydrogen-bond acceptors (Lipinski definition) is 5. The van der Waals surface area contributed by atoms with Gasteiger partial charge >= 0.3 is 0 Å². The highest BCUT2D eigenvalue weighted by atomic mass is 16.5. The molecule has 0 aliphatic carbocycles.